The van der Waals surface area contributed by atoms with Gasteiger partial charge in [-0.05, 0) is 43.2 Å². The molecule has 182 valence electrons. The average molecular weight is 496 g/mol. The zero-order valence-corrected chi connectivity index (χ0v) is 19.6. The molecule has 1 aliphatic heterocycles. The molecule has 0 saturated carbocycles. The van der Waals surface area contributed by atoms with E-state index in [1.165, 1.54) is 30.3 Å². The minimum atomic E-state index is -4.14. The minimum Gasteiger partial charge on any atom is -0.349 e. The molecular weight excluding hydrogens is 470 g/mol. The van der Waals surface area contributed by atoms with Crippen LogP contribution < -0.4 is 10.0 Å². The number of carbonyl (C=O) groups is 1. The third-order valence-electron chi connectivity index (χ3n) is 5.79. The SMILES string of the molecule is O=C(NC1CCN(Cc2ccccn2)CC1)c1ccccc1NS(=O)(=O)c1cccc([N+](=O)[O-])c1. The van der Waals surface area contributed by atoms with Crippen molar-refractivity contribution < 1.29 is 18.1 Å². The van der Waals surface area contributed by atoms with E-state index in [0.717, 1.165) is 44.2 Å². The summed E-state index contributed by atoms with van der Waals surface area (Å²) < 4.78 is 28.1. The standard InChI is InChI=1S/C24H25N5O5S/c30-24(26-18-11-14-28(15-12-18)17-19-6-3-4-13-25-19)22-9-1-2-10-23(22)27-35(33,34)21-8-5-7-20(16-21)29(31)32/h1-10,13,16,18,27H,11-12,14-15,17H2,(H,26,30). The number of nitro benzene ring substituents is 1. The summed E-state index contributed by atoms with van der Waals surface area (Å²) in [5, 5.41) is 14.0. The summed E-state index contributed by atoms with van der Waals surface area (Å²) in [6.07, 6.45) is 3.30. The molecule has 10 nitrogen and oxygen atoms in total. The van der Waals surface area contributed by atoms with E-state index >= 15 is 0 Å². The number of rotatable bonds is 8. The Kier molecular flexibility index (Phi) is 7.37. The Morgan fingerprint density at radius 1 is 1.06 bits per heavy atom. The monoisotopic (exact) mass is 495 g/mol. The lowest BCUT2D eigenvalue weighted by atomic mass is 10.0. The van der Waals surface area contributed by atoms with Gasteiger partial charge in [-0.15, -0.1) is 0 Å². The Balaban J connectivity index is 1.40. The first-order valence-electron chi connectivity index (χ1n) is 11.1. The van der Waals surface area contributed by atoms with E-state index in [4.69, 9.17) is 0 Å². The molecule has 1 amide bonds. The van der Waals surface area contributed by atoms with Crippen LogP contribution in [0.2, 0.25) is 0 Å². The summed E-state index contributed by atoms with van der Waals surface area (Å²) in [6, 6.07) is 16.8. The minimum absolute atomic E-state index is 0.0380. The molecule has 0 radical (unpaired) electrons. The summed E-state index contributed by atoms with van der Waals surface area (Å²) in [4.78, 5) is 29.7. The molecule has 3 aromatic rings. The fraction of sp³-hybridized carbons (Fsp3) is 0.250. The van der Waals surface area contributed by atoms with Crippen molar-refractivity contribution in [2.75, 3.05) is 17.8 Å². The predicted molar refractivity (Wildman–Crippen MR) is 130 cm³/mol. The van der Waals surface area contributed by atoms with Gasteiger partial charge in [0.2, 0.25) is 0 Å². The van der Waals surface area contributed by atoms with Crippen LogP contribution in [-0.4, -0.2) is 48.3 Å². The van der Waals surface area contributed by atoms with E-state index in [0.29, 0.717) is 0 Å². The van der Waals surface area contributed by atoms with Gasteiger partial charge in [0.25, 0.3) is 21.6 Å². The molecule has 2 N–H and O–H groups in total. The van der Waals surface area contributed by atoms with Gasteiger partial charge in [-0.3, -0.25) is 29.5 Å². The van der Waals surface area contributed by atoms with Gasteiger partial charge in [-0.1, -0.05) is 24.3 Å². The number of hydrogen-bond acceptors (Lipinski definition) is 7. The van der Waals surface area contributed by atoms with Crippen LogP contribution in [0.4, 0.5) is 11.4 Å². The molecule has 0 bridgehead atoms. The van der Waals surface area contributed by atoms with Gasteiger partial charge in [0.1, 0.15) is 0 Å². The highest BCUT2D eigenvalue weighted by Crippen LogP contribution is 2.23. The van der Waals surface area contributed by atoms with Gasteiger partial charge in [0, 0.05) is 44.0 Å². The molecule has 4 rings (SSSR count). The fourth-order valence-corrected chi connectivity index (χ4v) is 5.08. The lowest BCUT2D eigenvalue weighted by Gasteiger charge is -2.32. The number of para-hydroxylation sites is 1. The summed E-state index contributed by atoms with van der Waals surface area (Å²) in [6.45, 7) is 2.37. The first-order valence-corrected chi connectivity index (χ1v) is 12.6. The van der Waals surface area contributed by atoms with Gasteiger partial charge in [0.15, 0.2) is 0 Å². The highest BCUT2D eigenvalue weighted by atomic mass is 32.2. The number of aromatic nitrogens is 1. The van der Waals surface area contributed by atoms with Gasteiger partial charge in [-0.25, -0.2) is 8.42 Å². The number of nitro groups is 1. The molecule has 1 aromatic heterocycles. The Labute approximate surface area is 203 Å². The molecule has 35 heavy (non-hydrogen) atoms. The average Bonchev–Trinajstić information content (AvgIpc) is 2.86. The maximum Gasteiger partial charge on any atom is 0.270 e. The van der Waals surface area contributed by atoms with Crippen molar-refractivity contribution in [2.45, 2.75) is 30.3 Å². The number of amides is 1. The summed E-state index contributed by atoms with van der Waals surface area (Å²) in [7, 11) is -4.14. The topological polar surface area (TPSA) is 135 Å². The number of carbonyl (C=O) groups excluding carboxylic acids is 1. The molecule has 11 heteroatoms. The van der Waals surface area contributed by atoms with Crippen molar-refractivity contribution >= 4 is 27.3 Å². The fourth-order valence-electron chi connectivity index (χ4n) is 3.96. The number of likely N-dealkylation sites (tertiary alicyclic amines) is 1. The summed E-state index contributed by atoms with van der Waals surface area (Å²) in [5.41, 5.74) is 0.940. The molecule has 2 aromatic carbocycles. The zero-order valence-electron chi connectivity index (χ0n) is 18.8. The molecule has 1 fully saturated rings. The van der Waals surface area contributed by atoms with E-state index < -0.39 is 14.9 Å². The number of nitrogens with zero attached hydrogens (tertiary/aromatic N) is 3. The molecule has 0 atom stereocenters. The summed E-state index contributed by atoms with van der Waals surface area (Å²) >= 11 is 0. The maximum atomic E-state index is 13.0. The quantitative estimate of drug-likeness (QED) is 0.362. The number of nitrogens with one attached hydrogen (secondary N) is 2. The highest BCUT2D eigenvalue weighted by Gasteiger charge is 2.24. The van der Waals surface area contributed by atoms with Gasteiger partial charge < -0.3 is 5.32 Å². The van der Waals surface area contributed by atoms with Gasteiger partial charge in [0.05, 0.1) is 26.8 Å². The Morgan fingerprint density at radius 3 is 2.51 bits per heavy atom. The van der Waals surface area contributed by atoms with Crippen molar-refractivity contribution in [3.8, 4) is 0 Å². The highest BCUT2D eigenvalue weighted by molar-refractivity contribution is 7.92. The van der Waals surface area contributed by atoms with Gasteiger partial charge >= 0.3 is 0 Å². The first kappa shape index (κ1) is 24.3. The van der Waals surface area contributed by atoms with Crippen LogP contribution >= 0.6 is 0 Å². The number of pyridine rings is 1. The zero-order chi connectivity index (χ0) is 24.8. The molecule has 0 aliphatic carbocycles. The molecule has 0 unspecified atom stereocenters. The van der Waals surface area contributed by atoms with Crippen LogP contribution in [0.1, 0.15) is 28.9 Å². The second-order valence-electron chi connectivity index (χ2n) is 8.25. The van der Waals surface area contributed by atoms with E-state index in [-0.39, 0.29) is 33.8 Å². The molecular formula is C24H25N5O5S. The van der Waals surface area contributed by atoms with Crippen LogP contribution in [0.5, 0.6) is 0 Å². The van der Waals surface area contributed by atoms with Crippen molar-refractivity contribution in [2.24, 2.45) is 0 Å². The van der Waals surface area contributed by atoms with Crippen LogP contribution in [-0.2, 0) is 16.6 Å². The molecule has 1 aliphatic rings. The normalized spacial score (nSPS) is 14.9. The third kappa shape index (κ3) is 6.19. The summed E-state index contributed by atoms with van der Waals surface area (Å²) in [5.74, 6) is -0.384. The van der Waals surface area contributed by atoms with Crippen LogP contribution in [0.15, 0.2) is 77.8 Å². The number of sulfonamides is 1. The number of non-ortho nitro benzene ring substituents is 1. The smallest absolute Gasteiger partial charge is 0.270 e. The predicted octanol–water partition coefficient (Wildman–Crippen LogP) is 3.19. The van der Waals surface area contributed by atoms with Crippen molar-refractivity contribution in [3.05, 3.63) is 94.3 Å². The lowest BCUT2D eigenvalue weighted by Crippen LogP contribution is -2.44. The molecule has 0 spiro atoms. The van der Waals surface area contributed by atoms with Crippen molar-refractivity contribution in [1.29, 1.82) is 0 Å². The molecule has 1 saturated heterocycles. The third-order valence-corrected chi connectivity index (χ3v) is 7.15. The lowest BCUT2D eigenvalue weighted by molar-refractivity contribution is -0.385. The van der Waals surface area contributed by atoms with Crippen molar-refractivity contribution in [3.63, 3.8) is 0 Å². The Morgan fingerprint density at radius 2 is 1.80 bits per heavy atom. The van der Waals surface area contributed by atoms with E-state index in [1.807, 2.05) is 18.2 Å². The largest absolute Gasteiger partial charge is 0.349 e. The number of benzene rings is 2. The van der Waals surface area contributed by atoms with Crippen molar-refractivity contribution in [1.82, 2.24) is 15.2 Å². The number of anilines is 1. The number of piperidine rings is 1. The Hall–Kier alpha value is -3.83. The Bertz CT molecular complexity index is 1310. The second-order valence-corrected chi connectivity index (χ2v) is 9.93. The molecule has 2 heterocycles. The van der Waals surface area contributed by atoms with Crippen LogP contribution in [0, 0.1) is 10.1 Å². The second kappa shape index (κ2) is 10.6. The van der Waals surface area contributed by atoms with Gasteiger partial charge in [-0.2, -0.15) is 0 Å². The van der Waals surface area contributed by atoms with E-state index in [2.05, 4.69) is 19.9 Å². The first-order chi connectivity index (χ1) is 16.8. The number of hydrogen-bond donors (Lipinski definition) is 2. The van der Waals surface area contributed by atoms with E-state index in [9.17, 15) is 23.3 Å². The maximum absolute atomic E-state index is 13.0. The van der Waals surface area contributed by atoms with Crippen LogP contribution in [0.25, 0.3) is 0 Å². The van der Waals surface area contributed by atoms with E-state index in [1.54, 1.807) is 18.3 Å². The van der Waals surface area contributed by atoms with Crippen LogP contribution in [0.3, 0.4) is 0 Å².